The summed E-state index contributed by atoms with van der Waals surface area (Å²) in [4.78, 5) is 27.4. The standard InChI is InChI=1S/C18H16ClN3O2S/c1-2-15-7-11(9-20)18(25-15)21-17(24)12-8-16(23)22(10-12)14-5-3-13(19)4-6-14/h3-7,12H,2,8,10H2,1H3,(H,21,24). The van der Waals surface area contributed by atoms with Gasteiger partial charge in [-0.2, -0.15) is 5.26 Å². The molecule has 1 aliphatic rings. The summed E-state index contributed by atoms with van der Waals surface area (Å²) in [7, 11) is 0. The van der Waals surface area contributed by atoms with Crippen molar-refractivity contribution in [3.05, 3.63) is 45.8 Å². The number of benzene rings is 1. The predicted octanol–water partition coefficient (Wildman–Crippen LogP) is 3.83. The summed E-state index contributed by atoms with van der Waals surface area (Å²) in [5, 5.41) is 13.2. The normalized spacial score (nSPS) is 16.8. The van der Waals surface area contributed by atoms with Gasteiger partial charge in [-0.25, -0.2) is 0 Å². The van der Waals surface area contributed by atoms with Gasteiger partial charge in [-0.1, -0.05) is 18.5 Å². The molecule has 1 unspecified atom stereocenters. The number of anilines is 2. The molecule has 1 aromatic heterocycles. The molecule has 2 heterocycles. The third kappa shape index (κ3) is 3.68. The molecule has 7 heteroatoms. The van der Waals surface area contributed by atoms with Crippen molar-refractivity contribution in [3.8, 4) is 6.07 Å². The second-order valence-corrected chi connectivity index (χ2v) is 7.37. The molecule has 0 spiro atoms. The van der Waals surface area contributed by atoms with Crippen molar-refractivity contribution in [3.63, 3.8) is 0 Å². The number of nitrogens with one attached hydrogen (secondary N) is 1. The summed E-state index contributed by atoms with van der Waals surface area (Å²) >= 11 is 7.28. The summed E-state index contributed by atoms with van der Waals surface area (Å²) in [6, 6.07) is 10.9. The number of halogens is 1. The van der Waals surface area contributed by atoms with Gasteiger partial charge in [-0.05, 0) is 36.8 Å². The first-order valence-corrected chi connectivity index (χ1v) is 9.11. The lowest BCUT2D eigenvalue weighted by molar-refractivity contribution is -0.122. The molecule has 2 aromatic rings. The van der Waals surface area contributed by atoms with E-state index in [0.29, 0.717) is 22.1 Å². The maximum absolute atomic E-state index is 12.5. The van der Waals surface area contributed by atoms with Crippen LogP contribution in [-0.4, -0.2) is 18.4 Å². The molecule has 25 heavy (non-hydrogen) atoms. The number of carbonyl (C=O) groups is 2. The molecule has 1 saturated heterocycles. The van der Waals surface area contributed by atoms with Gasteiger partial charge >= 0.3 is 0 Å². The van der Waals surface area contributed by atoms with Gasteiger partial charge in [0.1, 0.15) is 11.1 Å². The number of nitriles is 1. The third-order valence-electron chi connectivity index (χ3n) is 4.12. The molecule has 0 radical (unpaired) electrons. The molecule has 1 atom stereocenters. The summed E-state index contributed by atoms with van der Waals surface area (Å²) in [5.41, 5.74) is 1.20. The van der Waals surface area contributed by atoms with Crippen LogP contribution in [0.15, 0.2) is 30.3 Å². The third-order valence-corrected chi connectivity index (χ3v) is 5.57. The zero-order valence-electron chi connectivity index (χ0n) is 13.6. The first-order chi connectivity index (χ1) is 12.0. The first-order valence-electron chi connectivity index (χ1n) is 7.91. The van der Waals surface area contributed by atoms with E-state index in [1.807, 2.05) is 6.92 Å². The van der Waals surface area contributed by atoms with E-state index in [1.54, 1.807) is 35.2 Å². The average molecular weight is 374 g/mol. The fourth-order valence-electron chi connectivity index (χ4n) is 2.76. The van der Waals surface area contributed by atoms with Crippen LogP contribution in [0.3, 0.4) is 0 Å². The molecule has 1 fully saturated rings. The number of carbonyl (C=O) groups excluding carboxylic acids is 2. The van der Waals surface area contributed by atoms with Crippen LogP contribution >= 0.6 is 22.9 Å². The van der Waals surface area contributed by atoms with E-state index in [0.717, 1.165) is 17.0 Å². The zero-order valence-corrected chi connectivity index (χ0v) is 15.2. The van der Waals surface area contributed by atoms with Crippen LogP contribution in [0.4, 0.5) is 10.7 Å². The summed E-state index contributed by atoms with van der Waals surface area (Å²) in [6.45, 7) is 2.32. The van der Waals surface area contributed by atoms with E-state index < -0.39 is 5.92 Å². The molecule has 0 aliphatic carbocycles. The highest BCUT2D eigenvalue weighted by molar-refractivity contribution is 7.16. The molecule has 0 bridgehead atoms. The van der Waals surface area contributed by atoms with E-state index in [-0.39, 0.29) is 18.2 Å². The minimum atomic E-state index is -0.443. The van der Waals surface area contributed by atoms with Crippen molar-refractivity contribution in [2.45, 2.75) is 19.8 Å². The highest BCUT2D eigenvalue weighted by atomic mass is 35.5. The Kier molecular flexibility index (Phi) is 5.07. The molecular weight excluding hydrogens is 358 g/mol. The summed E-state index contributed by atoms with van der Waals surface area (Å²) in [5.74, 6) is -0.767. The minimum Gasteiger partial charge on any atom is -0.316 e. The lowest BCUT2D eigenvalue weighted by Crippen LogP contribution is -2.28. The second kappa shape index (κ2) is 7.26. The van der Waals surface area contributed by atoms with Gasteiger partial charge < -0.3 is 10.2 Å². The maximum Gasteiger partial charge on any atom is 0.230 e. The lowest BCUT2D eigenvalue weighted by atomic mass is 10.1. The molecule has 128 valence electrons. The summed E-state index contributed by atoms with van der Waals surface area (Å²) < 4.78 is 0. The van der Waals surface area contributed by atoms with Crippen LogP contribution in [0.5, 0.6) is 0 Å². The number of aryl methyl sites for hydroxylation is 1. The Labute approximate surface area is 154 Å². The maximum atomic E-state index is 12.5. The predicted molar refractivity (Wildman–Crippen MR) is 99.0 cm³/mol. The van der Waals surface area contributed by atoms with Crippen molar-refractivity contribution in [1.29, 1.82) is 5.26 Å². The topological polar surface area (TPSA) is 73.2 Å². The van der Waals surface area contributed by atoms with E-state index in [4.69, 9.17) is 11.6 Å². The van der Waals surface area contributed by atoms with Crippen LogP contribution in [0.25, 0.3) is 0 Å². The Morgan fingerprint density at radius 3 is 2.80 bits per heavy atom. The fraction of sp³-hybridized carbons (Fsp3) is 0.278. The van der Waals surface area contributed by atoms with Crippen LogP contribution < -0.4 is 10.2 Å². The van der Waals surface area contributed by atoms with Crippen LogP contribution in [0.2, 0.25) is 5.02 Å². The van der Waals surface area contributed by atoms with Gasteiger partial charge in [-0.3, -0.25) is 9.59 Å². The highest BCUT2D eigenvalue weighted by Crippen LogP contribution is 2.31. The first kappa shape index (κ1) is 17.5. The van der Waals surface area contributed by atoms with Crippen LogP contribution in [0, 0.1) is 17.2 Å². The second-order valence-electron chi connectivity index (χ2n) is 5.79. The van der Waals surface area contributed by atoms with Crippen LogP contribution in [0.1, 0.15) is 23.8 Å². The SMILES string of the molecule is CCc1cc(C#N)c(NC(=O)C2CC(=O)N(c3ccc(Cl)cc3)C2)s1. The fourth-order valence-corrected chi connectivity index (χ4v) is 3.84. The Hall–Kier alpha value is -2.36. The zero-order chi connectivity index (χ0) is 18.0. The highest BCUT2D eigenvalue weighted by Gasteiger charge is 2.35. The van der Waals surface area contributed by atoms with Crippen molar-refractivity contribution >= 4 is 45.4 Å². The van der Waals surface area contributed by atoms with E-state index in [2.05, 4.69) is 11.4 Å². The van der Waals surface area contributed by atoms with E-state index in [1.165, 1.54) is 11.3 Å². The van der Waals surface area contributed by atoms with Gasteiger partial charge in [0.2, 0.25) is 11.8 Å². The number of hydrogen-bond donors (Lipinski definition) is 1. The molecule has 2 amide bonds. The van der Waals surface area contributed by atoms with E-state index >= 15 is 0 Å². The smallest absolute Gasteiger partial charge is 0.230 e. The number of nitrogens with zero attached hydrogens (tertiary/aromatic N) is 2. The molecule has 3 rings (SSSR count). The van der Waals surface area contributed by atoms with Gasteiger partial charge in [0.15, 0.2) is 0 Å². The van der Waals surface area contributed by atoms with Crippen molar-refractivity contribution in [2.75, 3.05) is 16.8 Å². The largest absolute Gasteiger partial charge is 0.316 e. The number of amides is 2. The quantitative estimate of drug-likeness (QED) is 0.885. The van der Waals surface area contributed by atoms with Gasteiger partial charge in [0.05, 0.1) is 11.5 Å². The van der Waals surface area contributed by atoms with Gasteiger partial charge in [0, 0.05) is 28.6 Å². The molecule has 1 aliphatic heterocycles. The molecule has 5 nitrogen and oxygen atoms in total. The minimum absolute atomic E-state index is 0.0941. The molecule has 1 aromatic carbocycles. The number of rotatable bonds is 4. The Bertz CT molecular complexity index is 854. The van der Waals surface area contributed by atoms with Gasteiger partial charge in [0.25, 0.3) is 0 Å². The summed E-state index contributed by atoms with van der Waals surface area (Å²) in [6.07, 6.45) is 0.962. The molecule has 1 N–H and O–H groups in total. The molecule has 0 saturated carbocycles. The Morgan fingerprint density at radius 2 is 2.16 bits per heavy atom. The van der Waals surface area contributed by atoms with E-state index in [9.17, 15) is 14.9 Å². The van der Waals surface area contributed by atoms with Crippen molar-refractivity contribution < 1.29 is 9.59 Å². The van der Waals surface area contributed by atoms with Crippen LogP contribution in [-0.2, 0) is 16.0 Å². The monoisotopic (exact) mass is 373 g/mol. The average Bonchev–Trinajstić information content (AvgIpc) is 3.19. The van der Waals surface area contributed by atoms with Gasteiger partial charge in [-0.15, -0.1) is 11.3 Å². The number of thiophene rings is 1. The van der Waals surface area contributed by atoms with Crippen molar-refractivity contribution in [2.24, 2.45) is 5.92 Å². The lowest BCUT2D eigenvalue weighted by Gasteiger charge is -2.16. The Morgan fingerprint density at radius 1 is 1.44 bits per heavy atom. The molecular formula is C18H16ClN3O2S. The Balaban J connectivity index is 1.72. The van der Waals surface area contributed by atoms with Crippen molar-refractivity contribution in [1.82, 2.24) is 0 Å². The number of hydrogen-bond acceptors (Lipinski definition) is 4.